The molecule has 0 heterocycles. The maximum Gasteiger partial charge on any atom is 0.446 e. The second-order valence-corrected chi connectivity index (χ2v) is 3.85. The van der Waals surface area contributed by atoms with Crippen molar-refractivity contribution < 1.29 is 19.1 Å². The Morgan fingerprint density at radius 1 is 0.900 bits per heavy atom. The van der Waals surface area contributed by atoms with E-state index in [0.717, 1.165) is 0 Å². The van der Waals surface area contributed by atoms with Crippen molar-refractivity contribution in [3.63, 3.8) is 0 Å². The molecule has 2 rings (SSSR count). The number of benzene rings is 2. The van der Waals surface area contributed by atoms with Gasteiger partial charge in [-0.3, -0.25) is 4.79 Å². The quantitative estimate of drug-likeness (QED) is 0.162. The van der Waals surface area contributed by atoms with E-state index in [4.69, 9.17) is 10.3 Å². The van der Waals surface area contributed by atoms with Crippen LogP contribution < -0.4 is 4.74 Å². The average molecular weight is 266 g/mol. The molecule has 0 saturated heterocycles. The number of rotatable bonds is 4. The number of ether oxygens (including phenoxy) is 1. The Morgan fingerprint density at radius 2 is 1.45 bits per heavy atom. The number of carbonyl (C=O) groups excluding carboxylic acids is 2. The first-order valence-electron chi connectivity index (χ1n) is 5.81. The second kappa shape index (κ2) is 6.22. The van der Waals surface area contributed by atoms with Crippen LogP contribution in [0.1, 0.15) is 10.4 Å². The number of carbonyl (C=O) groups is 2. The van der Waals surface area contributed by atoms with Gasteiger partial charge in [-0.25, -0.2) is 4.79 Å². The molecule has 0 unspecified atom stereocenters. The smallest absolute Gasteiger partial charge is 0.418 e. The maximum absolute atomic E-state index is 12.0. The molecule has 0 saturated carbocycles. The van der Waals surface area contributed by atoms with Crippen molar-refractivity contribution in [1.82, 2.24) is 0 Å². The number of nitrogens with zero attached hydrogens (tertiary/aromatic N) is 2. The lowest BCUT2D eigenvalue weighted by molar-refractivity contribution is -0.131. The van der Waals surface area contributed by atoms with Crippen LogP contribution in [0.15, 0.2) is 60.7 Å². The van der Waals surface area contributed by atoms with E-state index >= 15 is 0 Å². The molecule has 5 heteroatoms. The van der Waals surface area contributed by atoms with Crippen molar-refractivity contribution in [2.24, 2.45) is 0 Å². The van der Waals surface area contributed by atoms with Gasteiger partial charge >= 0.3 is 11.7 Å². The average Bonchev–Trinajstić information content (AvgIpc) is 2.49. The minimum absolute atomic E-state index is 0.241. The summed E-state index contributed by atoms with van der Waals surface area (Å²) in [5.74, 6) is -1.44. The molecule has 2 aromatic carbocycles. The van der Waals surface area contributed by atoms with Crippen LogP contribution in [-0.4, -0.2) is 22.3 Å². The Kier molecular flexibility index (Phi) is 4.17. The summed E-state index contributed by atoms with van der Waals surface area (Å²) in [6.45, 7) is 0. The lowest BCUT2D eigenvalue weighted by Crippen LogP contribution is -2.29. The molecule has 0 N–H and O–H groups in total. The first kappa shape index (κ1) is 13.4. The first-order chi connectivity index (χ1) is 9.72. The van der Waals surface area contributed by atoms with E-state index < -0.39 is 17.5 Å². The lowest BCUT2D eigenvalue weighted by atomic mass is 10.1. The van der Waals surface area contributed by atoms with Crippen LogP contribution in [-0.2, 0) is 4.79 Å². The fourth-order valence-electron chi connectivity index (χ4n) is 1.55. The Bertz CT molecular complexity index is 675. The van der Waals surface area contributed by atoms with Gasteiger partial charge in [0.1, 0.15) is 5.75 Å². The predicted molar refractivity (Wildman–Crippen MR) is 71.5 cm³/mol. The van der Waals surface area contributed by atoms with E-state index in [1.807, 2.05) is 0 Å². The van der Waals surface area contributed by atoms with E-state index in [0.29, 0.717) is 0 Å². The molecule has 98 valence electrons. The number of hydrogen-bond donors (Lipinski definition) is 0. The summed E-state index contributed by atoms with van der Waals surface area (Å²) >= 11 is 0. The molecule has 0 aliphatic carbocycles. The van der Waals surface area contributed by atoms with Gasteiger partial charge in [0.25, 0.3) is 5.78 Å². The molecule has 0 aromatic heterocycles. The molecular weight excluding hydrogens is 256 g/mol. The standard InChI is InChI=1S/C15H10N2O3/c16-17-13(14(18)11-7-3-1-4-8-11)15(19)20-12-9-5-2-6-10-12/h1-10H. The van der Waals surface area contributed by atoms with Crippen LogP contribution in [0, 0.1) is 0 Å². The fraction of sp³-hybridized carbons (Fsp3) is 0. The number of hydrogen-bond acceptors (Lipinski definition) is 3. The topological polar surface area (TPSA) is 79.8 Å². The fourth-order valence-corrected chi connectivity index (χ4v) is 1.55. The summed E-state index contributed by atoms with van der Waals surface area (Å²) in [6.07, 6.45) is 0. The monoisotopic (exact) mass is 266 g/mol. The van der Waals surface area contributed by atoms with Crippen molar-refractivity contribution in [3.05, 3.63) is 71.8 Å². The van der Waals surface area contributed by atoms with Crippen LogP contribution in [0.25, 0.3) is 5.53 Å². The van der Waals surface area contributed by atoms with E-state index in [-0.39, 0.29) is 11.3 Å². The molecule has 0 spiro atoms. The van der Waals surface area contributed by atoms with Crippen LogP contribution in [0.3, 0.4) is 0 Å². The molecular formula is C15H10N2O3. The number of ketones is 1. The zero-order valence-corrected chi connectivity index (χ0v) is 10.4. The highest BCUT2D eigenvalue weighted by atomic mass is 16.5. The minimum Gasteiger partial charge on any atom is -0.418 e. The number of Topliss-reactive ketones (excluding diaryl/α,β-unsaturated/α-hetero) is 1. The maximum atomic E-state index is 12.0. The van der Waals surface area contributed by atoms with Crippen LogP contribution >= 0.6 is 0 Å². The SMILES string of the molecule is [N-]=[N+]=C(C(=O)Oc1ccccc1)C(=O)c1ccccc1. The summed E-state index contributed by atoms with van der Waals surface area (Å²) in [5.41, 5.74) is 8.45. The molecule has 0 aliphatic heterocycles. The van der Waals surface area contributed by atoms with Crippen molar-refractivity contribution in [2.75, 3.05) is 0 Å². The van der Waals surface area contributed by atoms with Gasteiger partial charge in [0, 0.05) is 5.56 Å². The summed E-state index contributed by atoms with van der Waals surface area (Å²) in [6, 6.07) is 16.3. The molecule has 0 aliphatic rings. The van der Waals surface area contributed by atoms with Crippen LogP contribution in [0.2, 0.25) is 0 Å². The second-order valence-electron chi connectivity index (χ2n) is 3.85. The van der Waals surface area contributed by atoms with E-state index in [1.165, 1.54) is 12.1 Å². The van der Waals surface area contributed by atoms with Crippen molar-refractivity contribution in [3.8, 4) is 5.75 Å². The third-order valence-electron chi connectivity index (χ3n) is 2.50. The van der Waals surface area contributed by atoms with E-state index in [1.54, 1.807) is 48.5 Å². The van der Waals surface area contributed by atoms with Gasteiger partial charge in [0.2, 0.25) is 0 Å². The number of esters is 1. The Balaban J connectivity index is 2.19. The normalized spacial score (nSPS) is 9.40. The van der Waals surface area contributed by atoms with E-state index in [2.05, 4.69) is 4.79 Å². The van der Waals surface area contributed by atoms with Crippen molar-refractivity contribution in [1.29, 1.82) is 0 Å². The van der Waals surface area contributed by atoms with Gasteiger partial charge in [0.05, 0.1) is 0 Å². The molecule has 0 atom stereocenters. The van der Waals surface area contributed by atoms with Gasteiger partial charge < -0.3 is 10.3 Å². The summed E-state index contributed by atoms with van der Waals surface area (Å²) < 4.78 is 4.96. The minimum atomic E-state index is -1.01. The van der Waals surface area contributed by atoms with Crippen molar-refractivity contribution in [2.45, 2.75) is 0 Å². The highest BCUT2D eigenvalue weighted by Crippen LogP contribution is 2.09. The Morgan fingerprint density at radius 3 is 2.00 bits per heavy atom. The molecule has 0 amide bonds. The zero-order chi connectivity index (χ0) is 14.4. The van der Waals surface area contributed by atoms with Crippen LogP contribution in [0.4, 0.5) is 0 Å². The highest BCUT2D eigenvalue weighted by Gasteiger charge is 2.32. The van der Waals surface area contributed by atoms with Crippen LogP contribution in [0.5, 0.6) is 5.75 Å². The first-order valence-corrected chi connectivity index (χ1v) is 5.81. The summed E-state index contributed by atoms with van der Waals surface area (Å²) in [4.78, 5) is 26.6. The Hall–Kier alpha value is -3.04. The van der Waals surface area contributed by atoms with Gasteiger partial charge in [0.15, 0.2) is 0 Å². The summed E-state index contributed by atoms with van der Waals surface area (Å²) in [5, 5.41) is 0. The molecule has 2 aromatic rings. The molecule has 5 nitrogen and oxygen atoms in total. The molecule has 0 bridgehead atoms. The largest absolute Gasteiger partial charge is 0.446 e. The number of para-hydroxylation sites is 1. The highest BCUT2D eigenvalue weighted by molar-refractivity contribution is 6.65. The molecule has 20 heavy (non-hydrogen) atoms. The van der Waals surface area contributed by atoms with Gasteiger partial charge in [-0.05, 0) is 12.1 Å². The van der Waals surface area contributed by atoms with Gasteiger partial charge in [-0.2, -0.15) is 4.79 Å². The van der Waals surface area contributed by atoms with Crippen molar-refractivity contribution >= 4 is 17.5 Å². The van der Waals surface area contributed by atoms with Gasteiger partial charge in [-0.1, -0.05) is 48.5 Å². The third-order valence-corrected chi connectivity index (χ3v) is 2.50. The zero-order valence-electron chi connectivity index (χ0n) is 10.4. The van der Waals surface area contributed by atoms with E-state index in [9.17, 15) is 9.59 Å². The molecule has 0 radical (unpaired) electrons. The third kappa shape index (κ3) is 3.04. The Labute approximate surface area is 115 Å². The van der Waals surface area contributed by atoms with Gasteiger partial charge in [-0.15, -0.1) is 0 Å². The molecule has 0 fully saturated rings. The predicted octanol–water partition coefficient (Wildman–Crippen LogP) is 2.15. The summed E-state index contributed by atoms with van der Waals surface area (Å²) in [7, 11) is 0. The lowest BCUT2D eigenvalue weighted by Gasteiger charge is -2.00.